The second-order valence-corrected chi connectivity index (χ2v) is 8.39. The van der Waals surface area contributed by atoms with E-state index in [0.29, 0.717) is 10.4 Å². The molecule has 2 aliphatic heterocycles. The highest BCUT2D eigenvalue weighted by atomic mass is 16.3. The molecule has 156 valence electrons. The topological polar surface area (TPSA) is 71.7 Å². The zero-order valence-electron chi connectivity index (χ0n) is 18.0. The monoisotopic (exact) mass is 404 g/mol. The summed E-state index contributed by atoms with van der Waals surface area (Å²) in [4.78, 5) is 13.1. The van der Waals surface area contributed by atoms with Crippen molar-refractivity contribution in [3.05, 3.63) is 68.9 Å². The average Bonchev–Trinajstić information content (AvgIpc) is 3.30. The average molecular weight is 405 g/mol. The molecule has 0 unspecified atom stereocenters. The number of hydrogen-bond acceptors (Lipinski definition) is 6. The van der Waals surface area contributed by atoms with Crippen LogP contribution in [0.1, 0.15) is 24.0 Å². The SMILES string of the molecule is CN(C)CCC1=CN=c2ccc(=c3ccc4c(c3O)C(CCN(C)C)=CN=4)c(O)c21. The van der Waals surface area contributed by atoms with Crippen molar-refractivity contribution in [2.24, 2.45) is 9.98 Å². The quantitative estimate of drug-likeness (QED) is 0.775. The zero-order valence-corrected chi connectivity index (χ0v) is 18.0. The molecular formula is C24H28N4O2. The smallest absolute Gasteiger partial charge is 0.133 e. The Kier molecular flexibility index (Phi) is 5.45. The van der Waals surface area contributed by atoms with Gasteiger partial charge in [-0.2, -0.15) is 0 Å². The van der Waals surface area contributed by atoms with Gasteiger partial charge >= 0.3 is 0 Å². The fourth-order valence-corrected chi connectivity index (χ4v) is 3.94. The Morgan fingerprint density at radius 3 is 1.43 bits per heavy atom. The molecule has 2 heterocycles. The molecule has 0 saturated carbocycles. The Labute approximate surface area is 176 Å². The number of phenols is 2. The second kappa shape index (κ2) is 8.05. The summed E-state index contributed by atoms with van der Waals surface area (Å²) < 4.78 is 0. The number of nitrogens with zero attached hydrogens (tertiary/aromatic N) is 4. The molecule has 0 spiro atoms. The number of hydrogen-bond donors (Lipinski definition) is 2. The highest BCUT2D eigenvalue weighted by Gasteiger charge is 2.19. The minimum atomic E-state index is 0.169. The predicted molar refractivity (Wildman–Crippen MR) is 118 cm³/mol. The van der Waals surface area contributed by atoms with Crippen molar-refractivity contribution in [1.82, 2.24) is 9.80 Å². The number of benzene rings is 2. The van der Waals surface area contributed by atoms with Crippen molar-refractivity contribution in [3.63, 3.8) is 0 Å². The van der Waals surface area contributed by atoms with Crippen molar-refractivity contribution in [2.75, 3.05) is 41.3 Å². The molecule has 2 N–H and O–H groups in total. The molecule has 2 aliphatic rings. The van der Waals surface area contributed by atoms with E-state index >= 15 is 0 Å². The van der Waals surface area contributed by atoms with Crippen LogP contribution >= 0.6 is 0 Å². The molecule has 0 saturated heterocycles. The van der Waals surface area contributed by atoms with Gasteiger partial charge in [-0.05, 0) is 76.4 Å². The van der Waals surface area contributed by atoms with Crippen molar-refractivity contribution in [1.29, 1.82) is 0 Å². The van der Waals surface area contributed by atoms with Crippen LogP contribution in [0, 0.1) is 10.4 Å². The largest absolute Gasteiger partial charge is 0.507 e. The first-order valence-electron chi connectivity index (χ1n) is 10.2. The van der Waals surface area contributed by atoms with E-state index in [2.05, 4.69) is 19.8 Å². The fraction of sp³-hybridized carbons (Fsp3) is 0.333. The molecular weight excluding hydrogens is 376 g/mol. The number of fused-ring (bicyclic) bond motifs is 2. The van der Waals surface area contributed by atoms with Crippen LogP contribution < -0.4 is 10.7 Å². The summed E-state index contributed by atoms with van der Waals surface area (Å²) in [5.41, 5.74) is 3.56. The van der Waals surface area contributed by atoms with Crippen LogP contribution in [0.15, 0.2) is 46.7 Å². The summed E-state index contributed by atoms with van der Waals surface area (Å²) in [6.45, 7) is 1.74. The normalized spacial score (nSPS) is 15.5. The van der Waals surface area contributed by atoms with E-state index < -0.39 is 0 Å². The van der Waals surface area contributed by atoms with Gasteiger partial charge in [-0.1, -0.05) is 0 Å². The van der Waals surface area contributed by atoms with Gasteiger partial charge in [0.2, 0.25) is 0 Å². The summed E-state index contributed by atoms with van der Waals surface area (Å²) >= 11 is 0. The molecule has 2 aromatic carbocycles. The van der Waals surface area contributed by atoms with Crippen molar-refractivity contribution in [2.45, 2.75) is 12.8 Å². The molecule has 6 heteroatoms. The standard InChI is InChI=1S/C24H28N4O2/c1-27(2)11-9-15-13-25-19-7-5-17(23(29)21(15)19)18-6-8-20-22(24(18)30)16(14-26-20)10-12-28(3)4/h5-8,13-14,29-30H,9-12H2,1-4H3. The van der Waals surface area contributed by atoms with Gasteiger partial charge in [0.15, 0.2) is 0 Å². The van der Waals surface area contributed by atoms with Crippen LogP contribution in [-0.2, 0) is 0 Å². The van der Waals surface area contributed by atoms with E-state index in [1.807, 2.05) is 64.9 Å². The maximum absolute atomic E-state index is 11.1. The van der Waals surface area contributed by atoms with Gasteiger partial charge < -0.3 is 20.0 Å². The van der Waals surface area contributed by atoms with Crippen LogP contribution in [0.2, 0.25) is 0 Å². The van der Waals surface area contributed by atoms with E-state index in [1.165, 1.54) is 0 Å². The molecule has 4 rings (SSSR count). The predicted octanol–water partition coefficient (Wildman–Crippen LogP) is 2.24. The third-order valence-corrected chi connectivity index (χ3v) is 5.62. The van der Waals surface area contributed by atoms with Crippen LogP contribution in [0.25, 0.3) is 11.1 Å². The van der Waals surface area contributed by atoms with E-state index in [0.717, 1.165) is 58.9 Å². The first-order valence-corrected chi connectivity index (χ1v) is 10.2. The van der Waals surface area contributed by atoms with Crippen LogP contribution in [0.3, 0.4) is 0 Å². The lowest BCUT2D eigenvalue weighted by atomic mass is 9.98. The van der Waals surface area contributed by atoms with Crippen LogP contribution in [0.4, 0.5) is 0 Å². The molecule has 0 aliphatic carbocycles. The zero-order chi connectivity index (χ0) is 21.4. The summed E-state index contributed by atoms with van der Waals surface area (Å²) in [7, 11) is 8.11. The Hall–Kier alpha value is -2.96. The van der Waals surface area contributed by atoms with Crippen molar-refractivity contribution >= 4 is 11.1 Å². The van der Waals surface area contributed by atoms with E-state index in [1.54, 1.807) is 0 Å². The van der Waals surface area contributed by atoms with Crippen molar-refractivity contribution in [3.8, 4) is 11.5 Å². The Morgan fingerprint density at radius 2 is 1.07 bits per heavy atom. The summed E-state index contributed by atoms with van der Waals surface area (Å²) in [6.07, 6.45) is 5.27. The van der Waals surface area contributed by atoms with E-state index in [9.17, 15) is 10.2 Å². The van der Waals surface area contributed by atoms with Gasteiger partial charge in [0.05, 0.1) is 10.7 Å². The maximum Gasteiger partial charge on any atom is 0.133 e. The van der Waals surface area contributed by atoms with Gasteiger partial charge in [-0.25, -0.2) is 0 Å². The first kappa shape index (κ1) is 20.3. The van der Waals surface area contributed by atoms with Gasteiger partial charge in [0, 0.05) is 47.1 Å². The maximum atomic E-state index is 11.1. The number of phenolic OH excluding ortho intramolecular Hbond substituents is 2. The van der Waals surface area contributed by atoms with E-state index in [4.69, 9.17) is 0 Å². The summed E-state index contributed by atoms with van der Waals surface area (Å²) in [5, 5.41) is 25.1. The summed E-state index contributed by atoms with van der Waals surface area (Å²) in [6, 6.07) is 7.47. The lowest BCUT2D eigenvalue weighted by Gasteiger charge is -2.12. The third-order valence-electron chi connectivity index (χ3n) is 5.62. The Morgan fingerprint density at radius 1 is 0.667 bits per heavy atom. The molecule has 0 aromatic heterocycles. The Balaban J connectivity index is 1.85. The molecule has 0 amide bonds. The number of aromatic hydroxyl groups is 2. The lowest BCUT2D eigenvalue weighted by Crippen LogP contribution is -2.14. The molecule has 2 aromatic rings. The number of rotatable bonds is 6. The Bertz CT molecular complexity index is 1170. The highest BCUT2D eigenvalue weighted by molar-refractivity contribution is 5.74. The summed E-state index contributed by atoms with van der Waals surface area (Å²) in [5.74, 6) is 0.338. The third kappa shape index (κ3) is 3.64. The fourth-order valence-electron chi connectivity index (χ4n) is 3.94. The lowest BCUT2D eigenvalue weighted by molar-refractivity contribution is 0.418. The molecule has 0 radical (unpaired) electrons. The molecule has 0 bridgehead atoms. The van der Waals surface area contributed by atoms with Gasteiger partial charge in [-0.15, -0.1) is 0 Å². The molecule has 0 fully saturated rings. The minimum absolute atomic E-state index is 0.169. The van der Waals surface area contributed by atoms with Crippen LogP contribution in [-0.4, -0.2) is 61.3 Å². The van der Waals surface area contributed by atoms with E-state index in [-0.39, 0.29) is 11.5 Å². The first-order chi connectivity index (χ1) is 14.4. The van der Waals surface area contributed by atoms with Gasteiger partial charge in [-0.3, -0.25) is 9.98 Å². The van der Waals surface area contributed by atoms with Crippen LogP contribution in [0.5, 0.6) is 11.5 Å². The molecule has 6 nitrogen and oxygen atoms in total. The molecule has 30 heavy (non-hydrogen) atoms. The van der Waals surface area contributed by atoms with Gasteiger partial charge in [0.25, 0.3) is 0 Å². The second-order valence-electron chi connectivity index (χ2n) is 8.39. The van der Waals surface area contributed by atoms with Crippen molar-refractivity contribution < 1.29 is 10.2 Å². The minimum Gasteiger partial charge on any atom is -0.507 e. The molecule has 0 atom stereocenters. The highest BCUT2D eigenvalue weighted by Crippen LogP contribution is 2.32. The van der Waals surface area contributed by atoms with Gasteiger partial charge in [0.1, 0.15) is 11.5 Å².